The first-order valence-corrected chi connectivity index (χ1v) is 9.49. The van der Waals surface area contributed by atoms with Gasteiger partial charge >= 0.3 is 5.69 Å². The van der Waals surface area contributed by atoms with Crippen LogP contribution in [0.4, 0.5) is 0 Å². The molecular formula is C18H18ClN3O3S. The van der Waals surface area contributed by atoms with Crippen LogP contribution in [0.5, 0.6) is 0 Å². The molecule has 0 aliphatic rings. The maximum Gasteiger partial charge on any atom is 0.332 e. The van der Waals surface area contributed by atoms with E-state index in [4.69, 9.17) is 11.6 Å². The number of nitrogens with zero attached hydrogens (tertiary/aromatic N) is 2. The topological polar surface area (TPSA) is 73.1 Å². The fraction of sp³-hybridized carbons (Fsp3) is 0.278. The number of halogens is 1. The van der Waals surface area contributed by atoms with Gasteiger partial charge in [-0.05, 0) is 29.5 Å². The molecule has 2 aromatic heterocycles. The van der Waals surface area contributed by atoms with Crippen LogP contribution in [0.25, 0.3) is 10.2 Å². The zero-order valence-electron chi connectivity index (χ0n) is 14.2. The summed E-state index contributed by atoms with van der Waals surface area (Å²) in [6.07, 6.45) is 0.806. The van der Waals surface area contributed by atoms with Crippen molar-refractivity contribution < 1.29 is 4.79 Å². The maximum atomic E-state index is 12.9. The van der Waals surface area contributed by atoms with E-state index in [0.29, 0.717) is 27.3 Å². The second-order valence-corrected chi connectivity index (χ2v) is 7.16. The van der Waals surface area contributed by atoms with Gasteiger partial charge in [-0.2, -0.15) is 0 Å². The Morgan fingerprint density at radius 2 is 1.96 bits per heavy atom. The maximum absolute atomic E-state index is 12.9. The lowest BCUT2D eigenvalue weighted by atomic mass is 10.2. The predicted octanol–water partition coefficient (Wildman–Crippen LogP) is 2.45. The fourth-order valence-electron chi connectivity index (χ4n) is 2.69. The van der Waals surface area contributed by atoms with E-state index in [9.17, 15) is 14.4 Å². The number of carbonyl (C=O) groups is 1. The van der Waals surface area contributed by atoms with Crippen LogP contribution in [0, 0.1) is 0 Å². The Balaban J connectivity index is 2.09. The number of hydrogen-bond acceptors (Lipinski definition) is 4. The summed E-state index contributed by atoms with van der Waals surface area (Å²) < 4.78 is 2.92. The van der Waals surface area contributed by atoms with Crippen molar-refractivity contribution >= 4 is 39.1 Å². The van der Waals surface area contributed by atoms with Gasteiger partial charge in [-0.3, -0.25) is 18.7 Å². The Morgan fingerprint density at radius 1 is 1.19 bits per heavy atom. The molecule has 0 aliphatic heterocycles. The van der Waals surface area contributed by atoms with Crippen LogP contribution in [-0.4, -0.2) is 21.6 Å². The molecule has 0 saturated heterocycles. The van der Waals surface area contributed by atoms with Gasteiger partial charge in [-0.25, -0.2) is 4.79 Å². The minimum Gasteiger partial charge on any atom is -0.355 e. The van der Waals surface area contributed by atoms with Crippen LogP contribution in [0.15, 0.2) is 45.3 Å². The molecule has 1 N–H and O–H groups in total. The molecule has 1 aromatic carbocycles. The number of benzene rings is 1. The Bertz CT molecular complexity index is 1070. The van der Waals surface area contributed by atoms with Crippen molar-refractivity contribution in [2.75, 3.05) is 6.54 Å². The molecule has 26 heavy (non-hydrogen) atoms. The highest BCUT2D eigenvalue weighted by Gasteiger charge is 2.17. The summed E-state index contributed by atoms with van der Waals surface area (Å²) in [6.45, 7) is 2.42. The van der Waals surface area contributed by atoms with Gasteiger partial charge < -0.3 is 5.32 Å². The second kappa shape index (κ2) is 7.88. The second-order valence-electron chi connectivity index (χ2n) is 5.84. The molecule has 0 unspecified atom stereocenters. The molecule has 8 heteroatoms. The van der Waals surface area contributed by atoms with Crippen LogP contribution in [0.1, 0.15) is 18.9 Å². The molecule has 136 valence electrons. The molecule has 0 atom stereocenters. The van der Waals surface area contributed by atoms with E-state index in [1.807, 2.05) is 6.92 Å². The van der Waals surface area contributed by atoms with Gasteiger partial charge in [0.05, 0.1) is 12.1 Å². The largest absolute Gasteiger partial charge is 0.355 e. The monoisotopic (exact) mass is 391 g/mol. The van der Waals surface area contributed by atoms with E-state index >= 15 is 0 Å². The summed E-state index contributed by atoms with van der Waals surface area (Å²) in [5.41, 5.74) is 0.260. The minimum atomic E-state index is -0.521. The van der Waals surface area contributed by atoms with Crippen molar-refractivity contribution in [3.8, 4) is 0 Å². The average Bonchev–Trinajstić information content (AvgIpc) is 3.12. The highest BCUT2D eigenvalue weighted by molar-refractivity contribution is 7.17. The number of aromatic nitrogens is 2. The summed E-state index contributed by atoms with van der Waals surface area (Å²) in [5.74, 6) is -0.260. The van der Waals surface area contributed by atoms with E-state index < -0.39 is 5.69 Å². The molecule has 2 heterocycles. The van der Waals surface area contributed by atoms with Crippen LogP contribution < -0.4 is 16.6 Å². The first-order chi connectivity index (χ1) is 12.5. The average molecular weight is 392 g/mol. The predicted molar refractivity (Wildman–Crippen MR) is 104 cm³/mol. The molecule has 0 spiro atoms. The van der Waals surface area contributed by atoms with Crippen LogP contribution in [0.3, 0.4) is 0 Å². The molecule has 0 radical (unpaired) electrons. The lowest BCUT2D eigenvalue weighted by Crippen LogP contribution is -2.42. The quantitative estimate of drug-likeness (QED) is 0.701. The Morgan fingerprint density at radius 3 is 2.69 bits per heavy atom. The number of hydrogen-bond donors (Lipinski definition) is 1. The number of thiophene rings is 1. The zero-order chi connectivity index (χ0) is 18.7. The van der Waals surface area contributed by atoms with Crippen LogP contribution >= 0.6 is 22.9 Å². The highest BCUT2D eigenvalue weighted by atomic mass is 35.5. The van der Waals surface area contributed by atoms with Crippen LogP contribution in [0.2, 0.25) is 5.02 Å². The van der Waals surface area contributed by atoms with E-state index in [-0.39, 0.29) is 24.6 Å². The number of nitrogens with one attached hydrogen (secondary N) is 1. The summed E-state index contributed by atoms with van der Waals surface area (Å²) in [5, 5.41) is 4.98. The molecule has 3 rings (SSSR count). The molecule has 6 nitrogen and oxygen atoms in total. The summed E-state index contributed by atoms with van der Waals surface area (Å²) in [6, 6.07) is 8.75. The molecule has 0 bridgehead atoms. The minimum absolute atomic E-state index is 0.0573. The lowest BCUT2D eigenvalue weighted by molar-refractivity contribution is -0.121. The molecule has 0 fully saturated rings. The van der Waals surface area contributed by atoms with Crippen molar-refractivity contribution in [3.63, 3.8) is 0 Å². The van der Waals surface area contributed by atoms with Crippen molar-refractivity contribution in [2.45, 2.75) is 26.4 Å². The number of fused-ring (bicyclic) bond motifs is 1. The van der Waals surface area contributed by atoms with Crippen molar-refractivity contribution in [1.29, 1.82) is 0 Å². The van der Waals surface area contributed by atoms with Gasteiger partial charge in [0.25, 0.3) is 5.56 Å². The third-order valence-corrected chi connectivity index (χ3v) is 5.26. The fourth-order valence-corrected chi connectivity index (χ4v) is 3.72. The summed E-state index contributed by atoms with van der Waals surface area (Å²) in [7, 11) is 0. The van der Waals surface area contributed by atoms with Gasteiger partial charge in [0.15, 0.2) is 0 Å². The van der Waals surface area contributed by atoms with E-state index in [0.717, 1.165) is 11.0 Å². The highest BCUT2D eigenvalue weighted by Crippen LogP contribution is 2.17. The first kappa shape index (κ1) is 18.4. The molecule has 3 aromatic rings. The zero-order valence-corrected chi connectivity index (χ0v) is 15.8. The standard InChI is InChI=1S/C18H18ClN3O3S/c1-2-8-20-15(23)11-21-14-7-9-26-16(14)17(24)22(18(21)25)10-12-5-3-4-6-13(12)19/h3-7,9H,2,8,10-11H2,1H3,(H,20,23). The normalized spacial score (nSPS) is 11.0. The van der Waals surface area contributed by atoms with Crippen LogP contribution in [-0.2, 0) is 17.9 Å². The first-order valence-electron chi connectivity index (χ1n) is 8.24. The summed E-state index contributed by atoms with van der Waals surface area (Å²) in [4.78, 5) is 37.8. The van der Waals surface area contributed by atoms with Gasteiger partial charge in [0.1, 0.15) is 11.2 Å². The van der Waals surface area contributed by atoms with Gasteiger partial charge in [0, 0.05) is 11.6 Å². The Labute approximate surface area is 158 Å². The van der Waals surface area contributed by atoms with E-state index in [2.05, 4.69) is 5.32 Å². The molecule has 0 saturated carbocycles. The molecular weight excluding hydrogens is 374 g/mol. The molecule has 0 aliphatic carbocycles. The lowest BCUT2D eigenvalue weighted by Gasteiger charge is -2.13. The number of carbonyl (C=O) groups excluding carboxylic acids is 1. The van der Waals surface area contributed by atoms with Crippen molar-refractivity contribution in [1.82, 2.24) is 14.5 Å². The summed E-state index contributed by atoms with van der Waals surface area (Å²) >= 11 is 7.42. The number of amides is 1. The third kappa shape index (κ3) is 3.59. The molecule has 1 amide bonds. The SMILES string of the molecule is CCCNC(=O)Cn1c(=O)n(Cc2ccccc2Cl)c(=O)c2sccc21. The Kier molecular flexibility index (Phi) is 5.58. The van der Waals surface area contributed by atoms with E-state index in [1.165, 1.54) is 15.9 Å². The van der Waals surface area contributed by atoms with Gasteiger partial charge in [0.2, 0.25) is 5.91 Å². The van der Waals surface area contributed by atoms with Gasteiger partial charge in [-0.1, -0.05) is 36.7 Å². The van der Waals surface area contributed by atoms with Crippen molar-refractivity contribution in [2.24, 2.45) is 0 Å². The number of rotatable bonds is 6. The van der Waals surface area contributed by atoms with Gasteiger partial charge in [-0.15, -0.1) is 11.3 Å². The smallest absolute Gasteiger partial charge is 0.332 e. The third-order valence-electron chi connectivity index (χ3n) is 4.00. The Hall–Kier alpha value is -2.38. The van der Waals surface area contributed by atoms with Crippen molar-refractivity contribution in [3.05, 3.63) is 67.1 Å². The van der Waals surface area contributed by atoms with E-state index in [1.54, 1.807) is 35.7 Å².